The number of anilines is 1. The van der Waals surface area contributed by atoms with Crippen LogP contribution in [0.4, 0.5) is 5.95 Å². The van der Waals surface area contributed by atoms with E-state index in [-0.39, 0.29) is 5.41 Å². The van der Waals surface area contributed by atoms with Crippen LogP contribution in [0.25, 0.3) is 11.0 Å². The maximum atomic E-state index is 5.73. The van der Waals surface area contributed by atoms with E-state index in [1.807, 2.05) is 43.3 Å². The van der Waals surface area contributed by atoms with E-state index in [1.165, 1.54) is 0 Å². The van der Waals surface area contributed by atoms with E-state index in [2.05, 4.69) is 29.1 Å². The average Bonchev–Trinajstić information content (AvgIpc) is 3.02. The Kier molecular flexibility index (Phi) is 3.01. The molecule has 0 aliphatic rings. The molecule has 0 bridgehead atoms. The molecule has 4 nitrogen and oxygen atoms in total. The highest BCUT2D eigenvalue weighted by Gasteiger charge is 2.24. The normalized spacial score (nSPS) is 11.9. The number of aryl methyl sites for hydroxylation is 1. The van der Waals surface area contributed by atoms with Gasteiger partial charge in [-0.3, -0.25) is 0 Å². The Hall–Kier alpha value is -2.23. The predicted molar refractivity (Wildman–Crippen MR) is 81.1 cm³/mol. The van der Waals surface area contributed by atoms with Crippen molar-refractivity contribution in [2.75, 3.05) is 11.9 Å². The molecule has 0 radical (unpaired) electrons. The standard InChI is InChI=1S/C16H19N3O/c1-11-8-9-14(20-11)16(2,3)10-17-15-18-12-6-4-5-7-13(12)19-15/h4-9H,10H2,1-3H3,(H2,17,18,19). The summed E-state index contributed by atoms with van der Waals surface area (Å²) in [4.78, 5) is 7.79. The third kappa shape index (κ3) is 2.41. The average molecular weight is 269 g/mol. The van der Waals surface area contributed by atoms with Crippen LogP contribution in [0.1, 0.15) is 25.4 Å². The highest BCUT2D eigenvalue weighted by molar-refractivity contribution is 5.77. The molecule has 2 aromatic heterocycles. The number of furan rings is 1. The summed E-state index contributed by atoms with van der Waals surface area (Å²) in [7, 11) is 0. The third-order valence-corrected chi connectivity index (χ3v) is 3.49. The van der Waals surface area contributed by atoms with Crippen molar-refractivity contribution in [3.05, 3.63) is 47.9 Å². The molecule has 0 amide bonds. The molecule has 0 aliphatic heterocycles. The summed E-state index contributed by atoms with van der Waals surface area (Å²) in [5, 5.41) is 3.36. The largest absolute Gasteiger partial charge is 0.466 e. The van der Waals surface area contributed by atoms with Gasteiger partial charge in [0.25, 0.3) is 0 Å². The van der Waals surface area contributed by atoms with E-state index < -0.39 is 0 Å². The summed E-state index contributed by atoms with van der Waals surface area (Å²) in [6.45, 7) is 7.02. The summed E-state index contributed by atoms with van der Waals surface area (Å²) >= 11 is 0. The lowest BCUT2D eigenvalue weighted by Gasteiger charge is -2.22. The van der Waals surface area contributed by atoms with Crippen LogP contribution >= 0.6 is 0 Å². The van der Waals surface area contributed by atoms with Crippen molar-refractivity contribution in [3.63, 3.8) is 0 Å². The van der Waals surface area contributed by atoms with Gasteiger partial charge in [-0.05, 0) is 31.2 Å². The fourth-order valence-electron chi connectivity index (χ4n) is 2.23. The number of hydrogen-bond donors (Lipinski definition) is 2. The van der Waals surface area contributed by atoms with Crippen molar-refractivity contribution < 1.29 is 4.42 Å². The van der Waals surface area contributed by atoms with Crippen molar-refractivity contribution in [1.82, 2.24) is 9.97 Å². The Bertz CT molecular complexity index is 691. The fraction of sp³-hybridized carbons (Fsp3) is 0.312. The number of hydrogen-bond acceptors (Lipinski definition) is 3. The minimum Gasteiger partial charge on any atom is -0.466 e. The first-order valence-corrected chi connectivity index (χ1v) is 6.80. The molecule has 2 N–H and O–H groups in total. The molecule has 1 aromatic carbocycles. The second-order valence-corrected chi connectivity index (χ2v) is 5.75. The van der Waals surface area contributed by atoms with E-state index in [0.29, 0.717) is 0 Å². The number of aromatic nitrogens is 2. The van der Waals surface area contributed by atoms with Gasteiger partial charge in [-0.2, -0.15) is 0 Å². The second kappa shape index (κ2) is 4.71. The lowest BCUT2D eigenvalue weighted by Crippen LogP contribution is -2.27. The van der Waals surface area contributed by atoms with Gasteiger partial charge in [0.15, 0.2) is 0 Å². The van der Waals surface area contributed by atoms with Gasteiger partial charge in [0.2, 0.25) is 5.95 Å². The lowest BCUT2D eigenvalue weighted by atomic mass is 9.90. The van der Waals surface area contributed by atoms with Crippen molar-refractivity contribution >= 4 is 17.0 Å². The zero-order valence-electron chi connectivity index (χ0n) is 12.0. The van der Waals surface area contributed by atoms with Crippen LogP contribution in [0.15, 0.2) is 40.8 Å². The Labute approximate surface area is 118 Å². The number of rotatable bonds is 4. The summed E-state index contributed by atoms with van der Waals surface area (Å²) in [6.07, 6.45) is 0. The molecular formula is C16H19N3O. The molecule has 3 rings (SSSR count). The maximum Gasteiger partial charge on any atom is 0.201 e. The Balaban J connectivity index is 1.75. The van der Waals surface area contributed by atoms with Crippen LogP contribution in [-0.4, -0.2) is 16.5 Å². The number of fused-ring (bicyclic) bond motifs is 1. The van der Waals surface area contributed by atoms with E-state index in [0.717, 1.165) is 35.0 Å². The van der Waals surface area contributed by atoms with Gasteiger partial charge in [-0.25, -0.2) is 4.98 Å². The third-order valence-electron chi connectivity index (χ3n) is 3.49. The van der Waals surface area contributed by atoms with Crippen LogP contribution in [-0.2, 0) is 5.41 Å². The van der Waals surface area contributed by atoms with E-state index in [4.69, 9.17) is 4.42 Å². The number of H-pyrrole nitrogens is 1. The number of nitrogens with one attached hydrogen (secondary N) is 2. The van der Waals surface area contributed by atoms with Crippen LogP contribution in [0, 0.1) is 6.92 Å². The van der Waals surface area contributed by atoms with E-state index >= 15 is 0 Å². The molecule has 0 atom stereocenters. The lowest BCUT2D eigenvalue weighted by molar-refractivity contribution is 0.385. The van der Waals surface area contributed by atoms with Gasteiger partial charge in [-0.15, -0.1) is 0 Å². The molecule has 0 spiro atoms. The maximum absolute atomic E-state index is 5.73. The second-order valence-electron chi connectivity index (χ2n) is 5.75. The quantitative estimate of drug-likeness (QED) is 0.756. The van der Waals surface area contributed by atoms with Gasteiger partial charge in [0.05, 0.1) is 11.0 Å². The first-order valence-electron chi connectivity index (χ1n) is 6.80. The zero-order valence-corrected chi connectivity index (χ0v) is 12.0. The topological polar surface area (TPSA) is 53.9 Å². The minimum atomic E-state index is -0.0900. The number of para-hydroxylation sites is 2. The Morgan fingerprint density at radius 2 is 2.00 bits per heavy atom. The van der Waals surface area contributed by atoms with Gasteiger partial charge in [0, 0.05) is 12.0 Å². The van der Waals surface area contributed by atoms with Crippen LogP contribution in [0.2, 0.25) is 0 Å². The number of nitrogens with zero attached hydrogens (tertiary/aromatic N) is 1. The number of imidazole rings is 1. The summed E-state index contributed by atoms with van der Waals surface area (Å²) in [5.41, 5.74) is 1.93. The molecule has 0 fully saturated rings. The van der Waals surface area contributed by atoms with Crippen LogP contribution < -0.4 is 5.32 Å². The fourth-order valence-corrected chi connectivity index (χ4v) is 2.23. The number of aromatic amines is 1. The molecule has 4 heteroatoms. The van der Waals surface area contributed by atoms with Gasteiger partial charge < -0.3 is 14.7 Å². The van der Waals surface area contributed by atoms with Crippen molar-refractivity contribution in [2.24, 2.45) is 0 Å². The summed E-state index contributed by atoms with van der Waals surface area (Å²) in [6, 6.07) is 12.0. The van der Waals surface area contributed by atoms with Gasteiger partial charge in [-0.1, -0.05) is 26.0 Å². The zero-order chi connectivity index (χ0) is 14.2. The summed E-state index contributed by atoms with van der Waals surface area (Å²) < 4.78 is 5.73. The minimum absolute atomic E-state index is 0.0900. The molecule has 0 aliphatic carbocycles. The molecule has 2 heterocycles. The Morgan fingerprint density at radius 1 is 1.20 bits per heavy atom. The van der Waals surface area contributed by atoms with Crippen LogP contribution in [0.3, 0.4) is 0 Å². The van der Waals surface area contributed by atoms with Crippen molar-refractivity contribution in [3.8, 4) is 0 Å². The SMILES string of the molecule is Cc1ccc(C(C)(C)CNc2nc3ccccc3[nH]2)o1. The van der Waals surface area contributed by atoms with Gasteiger partial charge >= 0.3 is 0 Å². The smallest absolute Gasteiger partial charge is 0.201 e. The predicted octanol–water partition coefficient (Wildman–Crippen LogP) is 3.85. The van der Waals surface area contributed by atoms with Gasteiger partial charge in [0.1, 0.15) is 11.5 Å². The van der Waals surface area contributed by atoms with Crippen LogP contribution in [0.5, 0.6) is 0 Å². The first-order chi connectivity index (χ1) is 9.54. The molecule has 20 heavy (non-hydrogen) atoms. The first kappa shape index (κ1) is 12.8. The molecule has 104 valence electrons. The van der Waals surface area contributed by atoms with E-state index in [1.54, 1.807) is 0 Å². The highest BCUT2D eigenvalue weighted by Crippen LogP contribution is 2.25. The molecule has 0 saturated heterocycles. The monoisotopic (exact) mass is 269 g/mol. The Morgan fingerprint density at radius 3 is 2.70 bits per heavy atom. The molecule has 0 unspecified atom stereocenters. The number of benzene rings is 1. The molecule has 3 aromatic rings. The molecule has 0 saturated carbocycles. The highest BCUT2D eigenvalue weighted by atomic mass is 16.3. The van der Waals surface area contributed by atoms with Crippen molar-refractivity contribution in [1.29, 1.82) is 0 Å². The van der Waals surface area contributed by atoms with Crippen molar-refractivity contribution in [2.45, 2.75) is 26.2 Å². The van der Waals surface area contributed by atoms with E-state index in [9.17, 15) is 0 Å². The molecular weight excluding hydrogens is 250 g/mol. The summed E-state index contributed by atoms with van der Waals surface area (Å²) in [5.74, 6) is 2.72.